The molecule has 0 bridgehead atoms. The summed E-state index contributed by atoms with van der Waals surface area (Å²) in [6.07, 6.45) is 5.53. The van der Waals surface area contributed by atoms with Crippen LogP contribution in [-0.2, 0) is 0 Å². The van der Waals surface area contributed by atoms with E-state index in [0.717, 1.165) is 25.9 Å². The predicted molar refractivity (Wildman–Crippen MR) is 70.0 cm³/mol. The number of nitrogens with one attached hydrogen (secondary N) is 1. The molecule has 1 atom stereocenters. The molecule has 5 nitrogen and oxygen atoms in total. The predicted octanol–water partition coefficient (Wildman–Crippen LogP) is 1.28. The van der Waals surface area contributed by atoms with Crippen molar-refractivity contribution in [1.29, 1.82) is 0 Å². The summed E-state index contributed by atoms with van der Waals surface area (Å²) in [5, 5.41) is 3.59. The van der Waals surface area contributed by atoms with Gasteiger partial charge in [0, 0.05) is 37.6 Å². The fraction of sp³-hybridized carbons (Fsp3) is 0.538. The van der Waals surface area contributed by atoms with Crippen LogP contribution in [0.1, 0.15) is 31.4 Å². The molecular weight excluding hydrogens is 228 g/mol. The third-order valence-electron chi connectivity index (χ3n) is 3.50. The maximum absolute atomic E-state index is 11.0. The van der Waals surface area contributed by atoms with Crippen molar-refractivity contribution in [3.05, 3.63) is 30.1 Å². The topological polar surface area (TPSA) is 71.2 Å². The number of carbonyl (C=O) groups is 1. The van der Waals surface area contributed by atoms with Gasteiger partial charge < -0.3 is 16.0 Å². The summed E-state index contributed by atoms with van der Waals surface area (Å²) in [6.45, 7) is 3.64. The first-order chi connectivity index (χ1) is 8.66. The van der Waals surface area contributed by atoms with E-state index in [1.165, 1.54) is 5.56 Å². The van der Waals surface area contributed by atoms with Crippen LogP contribution in [0.3, 0.4) is 0 Å². The largest absolute Gasteiger partial charge is 0.351 e. The van der Waals surface area contributed by atoms with Gasteiger partial charge in [0.25, 0.3) is 0 Å². The number of amides is 2. The van der Waals surface area contributed by atoms with Gasteiger partial charge in [-0.3, -0.25) is 4.98 Å². The van der Waals surface area contributed by atoms with E-state index in [-0.39, 0.29) is 6.03 Å². The molecule has 2 amide bonds. The summed E-state index contributed by atoms with van der Waals surface area (Å²) in [7, 11) is 0. The van der Waals surface area contributed by atoms with Gasteiger partial charge in [-0.1, -0.05) is 0 Å². The number of primary amides is 1. The number of aromatic nitrogens is 1. The SMILES string of the molecule is CC(NC1CCN(C(N)=O)CC1)c1ccncc1. The van der Waals surface area contributed by atoms with Gasteiger partial charge in [-0.15, -0.1) is 0 Å². The molecule has 1 aliphatic heterocycles. The zero-order valence-electron chi connectivity index (χ0n) is 10.7. The minimum Gasteiger partial charge on any atom is -0.351 e. The summed E-state index contributed by atoms with van der Waals surface area (Å²) < 4.78 is 0. The molecule has 1 aromatic heterocycles. The fourth-order valence-electron chi connectivity index (χ4n) is 2.37. The number of nitrogens with two attached hydrogens (primary N) is 1. The van der Waals surface area contributed by atoms with Crippen molar-refractivity contribution >= 4 is 6.03 Å². The highest BCUT2D eigenvalue weighted by atomic mass is 16.2. The van der Waals surface area contributed by atoms with Gasteiger partial charge in [-0.2, -0.15) is 0 Å². The zero-order chi connectivity index (χ0) is 13.0. The van der Waals surface area contributed by atoms with Crippen LogP contribution in [0, 0.1) is 0 Å². The lowest BCUT2D eigenvalue weighted by molar-refractivity contribution is 0.183. The van der Waals surface area contributed by atoms with Crippen molar-refractivity contribution < 1.29 is 4.79 Å². The van der Waals surface area contributed by atoms with Gasteiger partial charge in [-0.25, -0.2) is 4.79 Å². The Kier molecular flexibility index (Phi) is 4.15. The molecule has 0 aromatic carbocycles. The van der Waals surface area contributed by atoms with Crippen LogP contribution in [0.5, 0.6) is 0 Å². The van der Waals surface area contributed by atoms with Crippen molar-refractivity contribution in [2.75, 3.05) is 13.1 Å². The molecule has 3 N–H and O–H groups in total. The first kappa shape index (κ1) is 12.8. The third-order valence-corrected chi connectivity index (χ3v) is 3.50. The first-order valence-electron chi connectivity index (χ1n) is 6.37. The van der Waals surface area contributed by atoms with Crippen molar-refractivity contribution in [2.24, 2.45) is 5.73 Å². The van der Waals surface area contributed by atoms with E-state index >= 15 is 0 Å². The van der Waals surface area contributed by atoms with Crippen LogP contribution in [0.25, 0.3) is 0 Å². The van der Waals surface area contributed by atoms with Gasteiger partial charge in [-0.05, 0) is 37.5 Å². The minimum absolute atomic E-state index is 0.304. The molecule has 1 fully saturated rings. The summed E-state index contributed by atoms with van der Waals surface area (Å²) >= 11 is 0. The quantitative estimate of drug-likeness (QED) is 0.846. The standard InChI is InChI=1S/C13H20N4O/c1-10(11-2-6-15-7-3-11)16-12-4-8-17(9-5-12)13(14)18/h2-3,6-7,10,12,16H,4-5,8-9H2,1H3,(H2,14,18). The molecule has 1 saturated heterocycles. The van der Waals surface area contributed by atoms with Gasteiger partial charge >= 0.3 is 6.03 Å². The summed E-state index contributed by atoms with van der Waals surface area (Å²) in [6, 6.07) is 4.49. The average Bonchev–Trinajstić information content (AvgIpc) is 2.40. The van der Waals surface area contributed by atoms with Crippen molar-refractivity contribution in [1.82, 2.24) is 15.2 Å². The Bertz CT molecular complexity index is 387. The summed E-state index contributed by atoms with van der Waals surface area (Å²) in [5.41, 5.74) is 6.50. The minimum atomic E-state index is -0.310. The highest BCUT2D eigenvalue weighted by Gasteiger charge is 2.22. The average molecular weight is 248 g/mol. The molecule has 1 aromatic rings. The van der Waals surface area contributed by atoms with Crippen LogP contribution < -0.4 is 11.1 Å². The number of hydrogen-bond acceptors (Lipinski definition) is 3. The zero-order valence-corrected chi connectivity index (χ0v) is 10.7. The number of nitrogens with zero attached hydrogens (tertiary/aromatic N) is 2. The van der Waals surface area contributed by atoms with E-state index in [4.69, 9.17) is 5.73 Å². The number of pyridine rings is 1. The molecule has 0 aliphatic carbocycles. The Hall–Kier alpha value is -1.62. The van der Waals surface area contributed by atoms with Crippen LogP contribution >= 0.6 is 0 Å². The normalized spacial score (nSPS) is 18.6. The lowest BCUT2D eigenvalue weighted by Crippen LogP contribution is -2.47. The lowest BCUT2D eigenvalue weighted by atomic mass is 10.0. The summed E-state index contributed by atoms with van der Waals surface area (Å²) in [4.78, 5) is 16.7. The first-order valence-corrected chi connectivity index (χ1v) is 6.37. The second-order valence-electron chi connectivity index (χ2n) is 4.77. The number of piperidine rings is 1. The van der Waals surface area contributed by atoms with E-state index in [1.807, 2.05) is 24.5 Å². The molecule has 18 heavy (non-hydrogen) atoms. The number of carbonyl (C=O) groups excluding carboxylic acids is 1. The molecule has 0 radical (unpaired) electrons. The van der Waals surface area contributed by atoms with E-state index in [2.05, 4.69) is 17.2 Å². The highest BCUT2D eigenvalue weighted by Crippen LogP contribution is 2.16. The molecule has 1 aliphatic rings. The maximum Gasteiger partial charge on any atom is 0.314 e. The number of likely N-dealkylation sites (tertiary alicyclic amines) is 1. The fourth-order valence-corrected chi connectivity index (χ4v) is 2.37. The molecule has 5 heteroatoms. The molecule has 0 saturated carbocycles. The Morgan fingerprint density at radius 1 is 1.44 bits per heavy atom. The molecule has 1 unspecified atom stereocenters. The van der Waals surface area contributed by atoms with Gasteiger partial charge in [0.2, 0.25) is 0 Å². The monoisotopic (exact) mass is 248 g/mol. The second-order valence-corrected chi connectivity index (χ2v) is 4.77. The van der Waals surface area contributed by atoms with Gasteiger partial charge in [0.15, 0.2) is 0 Å². The maximum atomic E-state index is 11.0. The van der Waals surface area contributed by atoms with E-state index in [1.54, 1.807) is 4.90 Å². The second kappa shape index (κ2) is 5.82. The van der Waals surface area contributed by atoms with Gasteiger partial charge in [0.05, 0.1) is 0 Å². The van der Waals surface area contributed by atoms with Crippen LogP contribution in [0.15, 0.2) is 24.5 Å². The Morgan fingerprint density at radius 2 is 2.06 bits per heavy atom. The molecule has 2 rings (SSSR count). The Morgan fingerprint density at radius 3 is 2.61 bits per heavy atom. The van der Waals surface area contributed by atoms with E-state index in [9.17, 15) is 4.79 Å². The number of urea groups is 1. The summed E-state index contributed by atoms with van der Waals surface area (Å²) in [5.74, 6) is 0. The molecule has 0 spiro atoms. The Labute approximate surface area is 107 Å². The van der Waals surface area contributed by atoms with Crippen LogP contribution in [0.4, 0.5) is 4.79 Å². The molecule has 2 heterocycles. The van der Waals surface area contributed by atoms with Crippen molar-refractivity contribution in [2.45, 2.75) is 31.8 Å². The number of rotatable bonds is 3. The smallest absolute Gasteiger partial charge is 0.314 e. The van der Waals surface area contributed by atoms with E-state index in [0.29, 0.717) is 12.1 Å². The van der Waals surface area contributed by atoms with Crippen LogP contribution in [0.2, 0.25) is 0 Å². The highest BCUT2D eigenvalue weighted by molar-refractivity contribution is 5.72. The number of hydrogen-bond donors (Lipinski definition) is 2. The van der Waals surface area contributed by atoms with Crippen molar-refractivity contribution in [3.63, 3.8) is 0 Å². The lowest BCUT2D eigenvalue weighted by Gasteiger charge is -2.33. The van der Waals surface area contributed by atoms with Crippen LogP contribution in [-0.4, -0.2) is 35.0 Å². The molecular formula is C13H20N4O. The molecule has 98 valence electrons. The Balaban J connectivity index is 1.83. The van der Waals surface area contributed by atoms with E-state index < -0.39 is 0 Å². The van der Waals surface area contributed by atoms with Crippen molar-refractivity contribution in [3.8, 4) is 0 Å². The third kappa shape index (κ3) is 3.20. The van der Waals surface area contributed by atoms with Gasteiger partial charge in [0.1, 0.15) is 0 Å².